The van der Waals surface area contributed by atoms with E-state index in [4.69, 9.17) is 0 Å². The summed E-state index contributed by atoms with van der Waals surface area (Å²) in [6.45, 7) is 1.97. The molecule has 0 amide bonds. The maximum absolute atomic E-state index is 4.54. The van der Waals surface area contributed by atoms with Crippen molar-refractivity contribution in [2.75, 3.05) is 5.32 Å². The van der Waals surface area contributed by atoms with Crippen molar-refractivity contribution < 1.29 is 0 Å². The molecule has 3 heterocycles. The quantitative estimate of drug-likeness (QED) is 0.793. The fraction of sp³-hybridized carbons (Fsp3) is 0.0833. The van der Waals surface area contributed by atoms with E-state index in [0.717, 1.165) is 27.1 Å². The van der Waals surface area contributed by atoms with Crippen LogP contribution in [0.25, 0.3) is 10.6 Å². The molecule has 3 aromatic heterocycles. The van der Waals surface area contributed by atoms with E-state index in [1.165, 1.54) is 11.3 Å². The Morgan fingerprint density at radius 1 is 1.39 bits per heavy atom. The summed E-state index contributed by atoms with van der Waals surface area (Å²) in [5.74, 6) is 0. The Bertz CT molecular complexity index is 645. The van der Waals surface area contributed by atoms with Crippen molar-refractivity contribution in [1.82, 2.24) is 15.0 Å². The average molecular weight is 273 g/mol. The van der Waals surface area contributed by atoms with Gasteiger partial charge in [0, 0.05) is 11.6 Å². The van der Waals surface area contributed by atoms with Gasteiger partial charge in [-0.05, 0) is 19.1 Å². The maximum atomic E-state index is 4.54. The first-order chi connectivity index (χ1) is 8.83. The lowest BCUT2D eigenvalue weighted by molar-refractivity contribution is 1.25. The first kappa shape index (κ1) is 11.3. The highest BCUT2D eigenvalue weighted by atomic mass is 32.1. The van der Waals surface area contributed by atoms with E-state index in [1.807, 2.05) is 24.4 Å². The SMILES string of the molecule is Cc1n[c]sc1-c1csc(Nc2cccnc2)n1. The van der Waals surface area contributed by atoms with Crippen molar-refractivity contribution >= 4 is 33.5 Å². The summed E-state index contributed by atoms with van der Waals surface area (Å²) in [6.07, 6.45) is 3.52. The lowest BCUT2D eigenvalue weighted by atomic mass is 10.3. The molecule has 0 aromatic carbocycles. The summed E-state index contributed by atoms with van der Waals surface area (Å²) in [5, 5.41) is 6.10. The van der Waals surface area contributed by atoms with E-state index in [1.54, 1.807) is 23.7 Å². The molecule has 0 bridgehead atoms. The number of hydrogen-bond donors (Lipinski definition) is 1. The fourth-order valence-electron chi connectivity index (χ4n) is 1.49. The van der Waals surface area contributed by atoms with Crippen LogP contribution in [0.1, 0.15) is 5.69 Å². The number of thiazole rings is 2. The topological polar surface area (TPSA) is 50.7 Å². The second kappa shape index (κ2) is 4.83. The summed E-state index contributed by atoms with van der Waals surface area (Å²) in [7, 11) is 0. The van der Waals surface area contributed by atoms with Crippen LogP contribution in [0.4, 0.5) is 10.8 Å². The number of aryl methyl sites for hydroxylation is 1. The molecule has 0 unspecified atom stereocenters. The smallest absolute Gasteiger partial charge is 0.187 e. The van der Waals surface area contributed by atoms with Crippen LogP contribution < -0.4 is 5.32 Å². The molecule has 1 radical (unpaired) electrons. The normalized spacial score (nSPS) is 10.5. The molecule has 0 aliphatic carbocycles. The van der Waals surface area contributed by atoms with Crippen LogP contribution in [0.3, 0.4) is 0 Å². The van der Waals surface area contributed by atoms with E-state index >= 15 is 0 Å². The van der Waals surface area contributed by atoms with Crippen molar-refractivity contribution in [1.29, 1.82) is 0 Å². The molecule has 89 valence electrons. The van der Waals surface area contributed by atoms with Gasteiger partial charge >= 0.3 is 0 Å². The first-order valence-corrected chi connectivity index (χ1v) is 6.99. The molecule has 0 aliphatic rings. The van der Waals surface area contributed by atoms with Gasteiger partial charge in [-0.2, -0.15) is 0 Å². The van der Waals surface area contributed by atoms with Gasteiger partial charge in [0.15, 0.2) is 10.6 Å². The van der Waals surface area contributed by atoms with Gasteiger partial charge < -0.3 is 5.32 Å². The molecule has 4 nitrogen and oxygen atoms in total. The zero-order valence-corrected chi connectivity index (χ0v) is 11.2. The number of rotatable bonds is 3. The Balaban J connectivity index is 1.84. The van der Waals surface area contributed by atoms with Gasteiger partial charge in [-0.25, -0.2) is 9.97 Å². The predicted octanol–water partition coefficient (Wildman–Crippen LogP) is 3.51. The van der Waals surface area contributed by atoms with Gasteiger partial charge in [0.2, 0.25) is 0 Å². The second-order valence-electron chi connectivity index (χ2n) is 3.62. The van der Waals surface area contributed by atoms with Gasteiger partial charge in [-0.3, -0.25) is 4.98 Å². The molecule has 0 spiro atoms. The summed E-state index contributed by atoms with van der Waals surface area (Å²) in [6, 6.07) is 3.85. The number of nitrogens with one attached hydrogen (secondary N) is 1. The molecular formula is C12H9N4S2. The molecule has 18 heavy (non-hydrogen) atoms. The van der Waals surface area contributed by atoms with E-state index < -0.39 is 0 Å². The molecule has 3 rings (SSSR count). The van der Waals surface area contributed by atoms with E-state index in [2.05, 4.69) is 25.8 Å². The average Bonchev–Trinajstić information content (AvgIpc) is 2.99. The minimum Gasteiger partial charge on any atom is -0.330 e. The van der Waals surface area contributed by atoms with Crippen LogP contribution in [-0.4, -0.2) is 15.0 Å². The summed E-state index contributed by atoms with van der Waals surface area (Å²) in [4.78, 5) is 13.8. The summed E-state index contributed by atoms with van der Waals surface area (Å²) < 4.78 is 0. The van der Waals surface area contributed by atoms with E-state index in [-0.39, 0.29) is 0 Å². The van der Waals surface area contributed by atoms with Crippen molar-refractivity contribution in [3.05, 3.63) is 41.1 Å². The van der Waals surface area contributed by atoms with Crippen LogP contribution in [0, 0.1) is 12.4 Å². The Labute approximate surface area is 112 Å². The number of anilines is 2. The highest BCUT2D eigenvalue weighted by Gasteiger charge is 2.09. The van der Waals surface area contributed by atoms with Crippen molar-refractivity contribution in [3.63, 3.8) is 0 Å². The Hall–Kier alpha value is -1.79. The summed E-state index contributed by atoms with van der Waals surface area (Å²) >= 11 is 3.06. The van der Waals surface area contributed by atoms with Crippen LogP contribution in [0.15, 0.2) is 29.9 Å². The number of aromatic nitrogens is 3. The molecule has 1 N–H and O–H groups in total. The van der Waals surface area contributed by atoms with E-state index in [9.17, 15) is 0 Å². The third kappa shape index (κ3) is 2.25. The largest absolute Gasteiger partial charge is 0.330 e. The molecule has 0 aliphatic heterocycles. The van der Waals surface area contributed by atoms with Gasteiger partial charge in [-0.1, -0.05) is 0 Å². The van der Waals surface area contributed by atoms with E-state index in [0.29, 0.717) is 0 Å². The Morgan fingerprint density at radius 2 is 2.33 bits per heavy atom. The molecule has 6 heteroatoms. The maximum Gasteiger partial charge on any atom is 0.187 e. The van der Waals surface area contributed by atoms with Gasteiger partial charge in [0.05, 0.1) is 28.1 Å². The molecule has 3 aromatic rings. The first-order valence-electron chi connectivity index (χ1n) is 5.29. The van der Waals surface area contributed by atoms with Gasteiger partial charge in [0.25, 0.3) is 0 Å². The molecule has 0 saturated heterocycles. The second-order valence-corrected chi connectivity index (χ2v) is 5.28. The third-order valence-corrected chi connectivity index (χ3v) is 3.99. The lowest BCUT2D eigenvalue weighted by Gasteiger charge is -1.99. The van der Waals surface area contributed by atoms with Crippen molar-refractivity contribution in [3.8, 4) is 10.6 Å². The Morgan fingerprint density at radius 3 is 3.06 bits per heavy atom. The lowest BCUT2D eigenvalue weighted by Crippen LogP contribution is -1.89. The Kier molecular flexibility index (Phi) is 3.04. The monoisotopic (exact) mass is 273 g/mol. The molecular weight excluding hydrogens is 264 g/mol. The van der Waals surface area contributed by atoms with Crippen molar-refractivity contribution in [2.45, 2.75) is 6.92 Å². The molecule has 0 fully saturated rings. The third-order valence-electron chi connectivity index (χ3n) is 2.34. The zero-order chi connectivity index (χ0) is 12.4. The van der Waals surface area contributed by atoms with Crippen LogP contribution in [0.2, 0.25) is 0 Å². The minimum absolute atomic E-state index is 0.853. The zero-order valence-electron chi connectivity index (χ0n) is 9.54. The van der Waals surface area contributed by atoms with Gasteiger partial charge in [-0.15, -0.1) is 22.7 Å². The highest BCUT2D eigenvalue weighted by Crippen LogP contribution is 2.30. The standard InChI is InChI=1S/C12H9N4S2/c1-8-11(18-7-14-8)10-6-17-12(16-10)15-9-3-2-4-13-5-9/h2-6H,1H3,(H,15,16). The molecule has 0 saturated carbocycles. The fourth-order valence-corrected chi connectivity index (χ4v) is 2.97. The van der Waals surface area contributed by atoms with Crippen LogP contribution in [-0.2, 0) is 0 Å². The van der Waals surface area contributed by atoms with Crippen LogP contribution >= 0.6 is 22.7 Å². The highest BCUT2D eigenvalue weighted by molar-refractivity contribution is 7.15. The van der Waals surface area contributed by atoms with Crippen LogP contribution in [0.5, 0.6) is 0 Å². The molecule has 0 atom stereocenters. The minimum atomic E-state index is 0.853. The number of pyridine rings is 1. The summed E-state index contributed by atoms with van der Waals surface area (Å²) in [5.41, 5.74) is 5.73. The number of hydrogen-bond acceptors (Lipinski definition) is 6. The predicted molar refractivity (Wildman–Crippen MR) is 74.3 cm³/mol. The van der Waals surface area contributed by atoms with Gasteiger partial charge in [0.1, 0.15) is 0 Å². The van der Waals surface area contributed by atoms with Crippen molar-refractivity contribution in [2.24, 2.45) is 0 Å². The number of nitrogens with zero attached hydrogens (tertiary/aromatic N) is 3.